The first kappa shape index (κ1) is 28.9. The summed E-state index contributed by atoms with van der Waals surface area (Å²) in [6, 6.07) is 40.8. The number of ether oxygens (including phenoxy) is 1. The Balaban J connectivity index is 0.000000201. The average molecular weight is 540 g/mol. The average Bonchev–Trinajstić information content (AvgIpc) is 3.02. The van der Waals surface area contributed by atoms with Gasteiger partial charge in [-0.2, -0.15) is 0 Å². The number of fused-ring (bicyclic) bond motifs is 1. The molecule has 0 bridgehead atoms. The molecule has 0 saturated heterocycles. The summed E-state index contributed by atoms with van der Waals surface area (Å²) in [5.74, 6) is 6.16. The number of hydrogen-bond donors (Lipinski definition) is 3. The van der Waals surface area contributed by atoms with Crippen molar-refractivity contribution in [3.05, 3.63) is 174 Å². The van der Waals surface area contributed by atoms with E-state index in [4.69, 9.17) is 16.3 Å². The van der Waals surface area contributed by atoms with Gasteiger partial charge >= 0.3 is 0 Å². The molecular formula is C37H37N3O. The second kappa shape index (κ2) is 14.9. The van der Waals surface area contributed by atoms with E-state index in [9.17, 15) is 0 Å². The van der Waals surface area contributed by atoms with Gasteiger partial charge in [0.05, 0.1) is 5.70 Å². The van der Waals surface area contributed by atoms with Crippen molar-refractivity contribution in [1.82, 2.24) is 5.43 Å². The maximum Gasteiger partial charge on any atom is 0.113 e. The summed E-state index contributed by atoms with van der Waals surface area (Å²) in [7, 11) is 0. The van der Waals surface area contributed by atoms with E-state index in [1.165, 1.54) is 11.1 Å². The Morgan fingerprint density at radius 2 is 1.44 bits per heavy atom. The molecule has 0 heterocycles. The number of aryl methyl sites for hydroxylation is 1. The van der Waals surface area contributed by atoms with Crippen molar-refractivity contribution in [2.24, 2.45) is 5.84 Å². The number of nitrogens with one attached hydrogen (secondary N) is 1. The van der Waals surface area contributed by atoms with Crippen molar-refractivity contribution >= 4 is 28.2 Å². The van der Waals surface area contributed by atoms with Crippen LogP contribution in [0.15, 0.2) is 146 Å². The lowest BCUT2D eigenvalue weighted by Crippen LogP contribution is -2.20. The van der Waals surface area contributed by atoms with Crippen molar-refractivity contribution in [2.45, 2.75) is 20.0 Å². The largest absolute Gasteiger partial charge is 0.490 e. The highest BCUT2D eigenvalue weighted by molar-refractivity contribution is 5.97. The summed E-state index contributed by atoms with van der Waals surface area (Å²) in [5.41, 5.74) is 16.5. The molecule has 0 unspecified atom stereocenters. The summed E-state index contributed by atoms with van der Waals surface area (Å²) in [6.45, 7) is 6.53. The smallest absolute Gasteiger partial charge is 0.113 e. The molecule has 0 aliphatic rings. The van der Waals surface area contributed by atoms with Crippen LogP contribution in [-0.2, 0) is 17.8 Å². The first-order chi connectivity index (χ1) is 20.0. The molecule has 0 saturated carbocycles. The molecule has 0 amide bonds. The summed E-state index contributed by atoms with van der Waals surface area (Å²) >= 11 is 0. The Morgan fingerprint density at radius 1 is 0.805 bits per heavy atom. The van der Waals surface area contributed by atoms with Gasteiger partial charge in [0.25, 0.3) is 0 Å². The SMILES string of the molecule is C=C(/C=C\c1ccc2cc(C)ccc2c1N)OCc1ccccc1.NN/C(=C\Cc1ccccc1)c1ccccc1. The zero-order valence-corrected chi connectivity index (χ0v) is 23.5. The van der Waals surface area contributed by atoms with Gasteiger partial charge in [-0.3, -0.25) is 5.84 Å². The number of benzene rings is 5. The van der Waals surface area contributed by atoms with Crippen molar-refractivity contribution in [2.75, 3.05) is 5.73 Å². The third kappa shape index (κ3) is 8.72. The van der Waals surface area contributed by atoms with Gasteiger partial charge in [0.15, 0.2) is 0 Å². The lowest BCUT2D eigenvalue weighted by molar-refractivity contribution is 0.213. The van der Waals surface area contributed by atoms with Gasteiger partial charge in [0, 0.05) is 11.1 Å². The molecule has 0 spiro atoms. The van der Waals surface area contributed by atoms with Crippen LogP contribution in [0.5, 0.6) is 0 Å². The van der Waals surface area contributed by atoms with Crippen molar-refractivity contribution in [1.29, 1.82) is 0 Å². The standard InChI is InChI=1S/C22H21NO.C15H16N2/c1-16-8-13-21-20(14-16)12-11-19(22(21)23)10-9-17(2)24-15-18-6-4-3-5-7-18;16-17-15(14-9-5-2-6-10-14)12-11-13-7-3-1-4-8-13/h3-14H,2,15,23H2,1H3;1-10,12,17H,11,16H2/b10-9-;15-12-. The minimum atomic E-state index is 0.510. The Kier molecular flexibility index (Phi) is 10.5. The predicted molar refractivity (Wildman–Crippen MR) is 174 cm³/mol. The highest BCUT2D eigenvalue weighted by atomic mass is 16.5. The monoisotopic (exact) mass is 539 g/mol. The minimum absolute atomic E-state index is 0.510. The minimum Gasteiger partial charge on any atom is -0.490 e. The highest BCUT2D eigenvalue weighted by Gasteiger charge is 2.03. The van der Waals surface area contributed by atoms with Gasteiger partial charge in [-0.1, -0.05) is 140 Å². The second-order valence-electron chi connectivity index (χ2n) is 9.68. The molecular weight excluding hydrogens is 502 g/mol. The molecule has 5 aromatic rings. The molecule has 0 aliphatic heterocycles. The van der Waals surface area contributed by atoms with Crippen LogP contribution in [0.4, 0.5) is 5.69 Å². The van der Waals surface area contributed by atoms with Crippen LogP contribution < -0.4 is 17.0 Å². The highest BCUT2D eigenvalue weighted by Crippen LogP contribution is 2.27. The van der Waals surface area contributed by atoms with Gasteiger partial charge in [-0.05, 0) is 53.1 Å². The van der Waals surface area contributed by atoms with E-state index in [0.717, 1.165) is 45.3 Å². The van der Waals surface area contributed by atoms with E-state index in [1.54, 1.807) is 0 Å². The number of anilines is 1. The first-order valence-electron chi connectivity index (χ1n) is 13.6. The van der Waals surface area contributed by atoms with Crippen molar-refractivity contribution < 1.29 is 4.74 Å². The Bertz CT molecular complexity index is 1610. The number of nitrogen functional groups attached to an aromatic ring is 1. The first-order valence-corrected chi connectivity index (χ1v) is 13.6. The van der Waals surface area contributed by atoms with E-state index < -0.39 is 0 Å². The number of hydrazine groups is 1. The molecule has 0 atom stereocenters. The topological polar surface area (TPSA) is 73.3 Å². The third-order valence-electron chi connectivity index (χ3n) is 6.59. The zero-order chi connectivity index (χ0) is 28.9. The van der Waals surface area contributed by atoms with Gasteiger partial charge < -0.3 is 15.9 Å². The molecule has 5 aromatic carbocycles. The quantitative estimate of drug-likeness (QED) is 0.0580. The van der Waals surface area contributed by atoms with Crippen LogP contribution >= 0.6 is 0 Å². The molecule has 4 heteroatoms. The fourth-order valence-corrected chi connectivity index (χ4v) is 4.33. The van der Waals surface area contributed by atoms with Gasteiger partial charge in [-0.15, -0.1) is 0 Å². The fourth-order valence-electron chi connectivity index (χ4n) is 4.33. The summed E-state index contributed by atoms with van der Waals surface area (Å²) in [4.78, 5) is 0. The van der Waals surface area contributed by atoms with E-state index in [-0.39, 0.29) is 0 Å². The molecule has 0 aliphatic carbocycles. The van der Waals surface area contributed by atoms with Crippen LogP contribution in [-0.4, -0.2) is 0 Å². The maximum atomic E-state index is 6.30. The molecule has 5 rings (SSSR count). The van der Waals surface area contributed by atoms with E-state index in [2.05, 4.69) is 61.4 Å². The summed E-state index contributed by atoms with van der Waals surface area (Å²) in [6.07, 6.45) is 6.77. The second-order valence-corrected chi connectivity index (χ2v) is 9.68. The van der Waals surface area contributed by atoms with E-state index in [0.29, 0.717) is 12.4 Å². The molecule has 0 aromatic heterocycles. The van der Waals surface area contributed by atoms with E-state index in [1.807, 2.05) is 97.1 Å². The molecule has 206 valence electrons. The lowest BCUT2D eigenvalue weighted by atomic mass is 10.0. The van der Waals surface area contributed by atoms with Crippen molar-refractivity contribution in [3.8, 4) is 0 Å². The lowest BCUT2D eigenvalue weighted by Gasteiger charge is -2.08. The van der Waals surface area contributed by atoms with Crippen LogP contribution in [0.2, 0.25) is 0 Å². The maximum absolute atomic E-state index is 6.30. The van der Waals surface area contributed by atoms with Gasteiger partial charge in [-0.25, -0.2) is 0 Å². The number of rotatable bonds is 9. The van der Waals surface area contributed by atoms with Gasteiger partial charge in [0.1, 0.15) is 12.4 Å². The Morgan fingerprint density at radius 3 is 2.10 bits per heavy atom. The number of hydrogen-bond acceptors (Lipinski definition) is 4. The fraction of sp³-hybridized carbons (Fsp3) is 0.0811. The van der Waals surface area contributed by atoms with Crippen LogP contribution in [0.25, 0.3) is 22.5 Å². The number of allylic oxidation sites excluding steroid dienone is 2. The predicted octanol–water partition coefficient (Wildman–Crippen LogP) is 8.21. The van der Waals surface area contributed by atoms with Crippen LogP contribution in [0.1, 0.15) is 27.8 Å². The third-order valence-corrected chi connectivity index (χ3v) is 6.59. The van der Waals surface area contributed by atoms with Gasteiger partial charge in [0.2, 0.25) is 0 Å². The molecule has 5 N–H and O–H groups in total. The van der Waals surface area contributed by atoms with E-state index >= 15 is 0 Å². The molecule has 0 radical (unpaired) electrons. The normalized spacial score (nSPS) is 11.1. The molecule has 4 nitrogen and oxygen atoms in total. The molecule has 41 heavy (non-hydrogen) atoms. The Hall–Kier alpha value is -5.06. The van der Waals surface area contributed by atoms with Crippen LogP contribution in [0.3, 0.4) is 0 Å². The Labute approximate surface area is 243 Å². The summed E-state index contributed by atoms with van der Waals surface area (Å²) in [5, 5.41) is 2.22. The van der Waals surface area contributed by atoms with Crippen LogP contribution in [0, 0.1) is 6.92 Å². The summed E-state index contributed by atoms with van der Waals surface area (Å²) < 4.78 is 5.67. The van der Waals surface area contributed by atoms with Crippen molar-refractivity contribution in [3.63, 3.8) is 0 Å². The zero-order valence-electron chi connectivity index (χ0n) is 23.5. The molecule has 0 fully saturated rings. The number of nitrogens with two attached hydrogens (primary N) is 2.